The summed E-state index contributed by atoms with van der Waals surface area (Å²) in [5.41, 5.74) is 5.32. The number of hydrogen-bond acceptors (Lipinski definition) is 6. The molecule has 1 aromatic heterocycles. The number of pyridine rings is 1. The lowest BCUT2D eigenvalue weighted by Crippen LogP contribution is -2.60. The van der Waals surface area contributed by atoms with E-state index in [0.29, 0.717) is 19.3 Å². The zero-order valence-electron chi connectivity index (χ0n) is 18.3. The lowest BCUT2D eigenvalue weighted by atomic mass is 9.75. The number of nitrogens with two attached hydrogens (primary N) is 1. The molecule has 8 nitrogen and oxygen atoms in total. The van der Waals surface area contributed by atoms with Crippen molar-refractivity contribution in [3.8, 4) is 0 Å². The van der Waals surface area contributed by atoms with Gasteiger partial charge in [-0.2, -0.15) is 0 Å². The van der Waals surface area contributed by atoms with Crippen molar-refractivity contribution in [2.24, 2.45) is 10.7 Å². The number of aliphatic imine (C=N–C) groups is 1. The van der Waals surface area contributed by atoms with Crippen LogP contribution in [-0.4, -0.2) is 56.7 Å². The van der Waals surface area contributed by atoms with E-state index in [0.717, 1.165) is 12.3 Å². The summed E-state index contributed by atoms with van der Waals surface area (Å²) < 4.78 is 48.9. The van der Waals surface area contributed by atoms with Gasteiger partial charge < -0.3 is 15.8 Å². The number of carbonyl (C=O) groups excluding carboxylic acids is 1. The van der Waals surface area contributed by atoms with Gasteiger partial charge >= 0.3 is 0 Å². The number of fused-ring (bicyclic) bond motifs is 1. The largest absolute Gasteiger partial charge is 0.381 e. The van der Waals surface area contributed by atoms with E-state index >= 15 is 4.39 Å². The van der Waals surface area contributed by atoms with Crippen LogP contribution >= 0.6 is 0 Å². The molecule has 1 saturated carbocycles. The highest BCUT2D eigenvalue weighted by atomic mass is 32.2. The molecule has 2 aromatic rings. The highest BCUT2D eigenvalue weighted by molar-refractivity contribution is 7.99. The van der Waals surface area contributed by atoms with E-state index in [1.54, 1.807) is 14.2 Å². The number of methoxy groups -OCH3 is 1. The number of aromatic nitrogens is 1. The number of anilines is 1. The van der Waals surface area contributed by atoms with Gasteiger partial charge in [0.15, 0.2) is 0 Å². The van der Waals surface area contributed by atoms with Gasteiger partial charge in [-0.25, -0.2) is 23.0 Å². The van der Waals surface area contributed by atoms with Crippen LogP contribution in [0.25, 0.3) is 0 Å². The molecule has 1 aromatic carbocycles. The second-order valence-corrected chi connectivity index (χ2v) is 10.7. The molecule has 11 heteroatoms. The predicted octanol–water partition coefficient (Wildman–Crippen LogP) is 2.27. The summed E-state index contributed by atoms with van der Waals surface area (Å²) in [4.78, 5) is 20.9. The van der Waals surface area contributed by atoms with Crippen LogP contribution in [0.1, 0.15) is 35.3 Å². The first-order valence-electron chi connectivity index (χ1n) is 10.3. The number of carbonyl (C=O) groups is 1. The number of benzene rings is 1. The van der Waals surface area contributed by atoms with Gasteiger partial charge in [-0.3, -0.25) is 9.10 Å². The quantitative estimate of drug-likeness (QED) is 0.657. The fraction of sp³-hybridized carbons (Fsp3) is 0.364. The molecule has 3 N–H and O–H groups in total. The lowest BCUT2D eigenvalue weighted by Gasteiger charge is -2.50. The van der Waals surface area contributed by atoms with E-state index in [9.17, 15) is 13.4 Å². The zero-order valence-corrected chi connectivity index (χ0v) is 19.1. The molecule has 0 bridgehead atoms. The number of guanidine groups is 1. The standard InChI is InChI=1S/C22H25F2N5O3S/c1-29-21(25)28-22(9-8-15(32-2)11-19(22)33(29,3)31)16-10-14(5-6-17(16)24)27-20(30)18-7-4-13(23)12-26-18/h4-7,10,12,15,19H,3,8-9,11H2,1-2H3,(H2,25,28)(H,27,30). The van der Waals surface area contributed by atoms with Crippen molar-refractivity contribution >= 4 is 33.1 Å². The highest BCUT2D eigenvalue weighted by Crippen LogP contribution is 2.48. The fourth-order valence-corrected chi connectivity index (χ4v) is 6.68. The second kappa shape index (κ2) is 8.38. The summed E-state index contributed by atoms with van der Waals surface area (Å²) in [5.74, 6) is 2.23. The number of nitrogens with one attached hydrogen (secondary N) is 1. The molecule has 0 spiro atoms. The average molecular weight is 478 g/mol. The molecule has 0 radical (unpaired) electrons. The van der Waals surface area contributed by atoms with Crippen LogP contribution in [0, 0.1) is 11.6 Å². The average Bonchev–Trinajstić information content (AvgIpc) is 2.79. The molecule has 4 rings (SSSR count). The molecule has 33 heavy (non-hydrogen) atoms. The maximum atomic E-state index is 15.2. The predicted molar refractivity (Wildman–Crippen MR) is 123 cm³/mol. The molecule has 176 valence electrons. The maximum Gasteiger partial charge on any atom is 0.274 e. The van der Waals surface area contributed by atoms with Crippen LogP contribution in [0.3, 0.4) is 0 Å². The van der Waals surface area contributed by atoms with Crippen molar-refractivity contribution in [1.82, 2.24) is 9.29 Å². The molecular formula is C22H25F2N5O3S. The van der Waals surface area contributed by atoms with Crippen LogP contribution in [0.15, 0.2) is 41.5 Å². The van der Waals surface area contributed by atoms with Crippen LogP contribution in [-0.2, 0) is 20.0 Å². The smallest absolute Gasteiger partial charge is 0.274 e. The third-order valence-electron chi connectivity index (χ3n) is 6.39. The Morgan fingerprint density at radius 3 is 2.79 bits per heavy atom. The van der Waals surface area contributed by atoms with Crippen LogP contribution in [0.5, 0.6) is 0 Å². The summed E-state index contributed by atoms with van der Waals surface area (Å²) in [6.07, 6.45) is 2.01. The minimum Gasteiger partial charge on any atom is -0.381 e. The van der Waals surface area contributed by atoms with Gasteiger partial charge in [0.1, 0.15) is 22.9 Å². The van der Waals surface area contributed by atoms with Gasteiger partial charge in [-0.15, -0.1) is 0 Å². The lowest BCUT2D eigenvalue weighted by molar-refractivity contribution is 0.0501. The van der Waals surface area contributed by atoms with E-state index in [1.165, 1.54) is 28.6 Å². The molecule has 1 aliphatic carbocycles. The van der Waals surface area contributed by atoms with Gasteiger partial charge in [-0.1, -0.05) is 0 Å². The number of halogens is 2. The van der Waals surface area contributed by atoms with Gasteiger partial charge in [-0.05, 0) is 55.5 Å². The minimum atomic E-state index is -2.96. The van der Waals surface area contributed by atoms with E-state index in [-0.39, 0.29) is 29.0 Å². The van der Waals surface area contributed by atoms with Gasteiger partial charge in [0.05, 0.1) is 27.3 Å². The van der Waals surface area contributed by atoms with E-state index in [4.69, 9.17) is 10.5 Å². The summed E-state index contributed by atoms with van der Waals surface area (Å²) in [5, 5.41) is 1.98. The van der Waals surface area contributed by atoms with E-state index in [2.05, 4.69) is 21.2 Å². The molecule has 1 amide bonds. The van der Waals surface area contributed by atoms with Crippen molar-refractivity contribution in [2.45, 2.75) is 36.2 Å². The summed E-state index contributed by atoms with van der Waals surface area (Å²) in [7, 11) is 0.166. The molecule has 4 unspecified atom stereocenters. The molecule has 4 atom stereocenters. The van der Waals surface area contributed by atoms with Crippen molar-refractivity contribution in [1.29, 1.82) is 0 Å². The number of rotatable bonds is 4. The van der Waals surface area contributed by atoms with Crippen LogP contribution in [0.2, 0.25) is 0 Å². The van der Waals surface area contributed by atoms with E-state index in [1.807, 2.05) is 0 Å². The van der Waals surface area contributed by atoms with Crippen molar-refractivity contribution < 1.29 is 22.5 Å². The Kier molecular flexibility index (Phi) is 5.87. The van der Waals surface area contributed by atoms with Crippen molar-refractivity contribution in [3.05, 3.63) is 59.4 Å². The van der Waals surface area contributed by atoms with Crippen molar-refractivity contribution in [2.75, 3.05) is 19.5 Å². The molecular weight excluding hydrogens is 452 g/mol. The zero-order chi connectivity index (χ0) is 24.0. The summed E-state index contributed by atoms with van der Waals surface area (Å²) in [6.45, 7) is 0. The van der Waals surface area contributed by atoms with Gasteiger partial charge in [0.2, 0.25) is 5.96 Å². The first-order chi connectivity index (χ1) is 15.6. The van der Waals surface area contributed by atoms with Gasteiger partial charge in [0.25, 0.3) is 5.91 Å². The first kappa shape index (κ1) is 23.1. The number of ether oxygens (including phenoxy) is 1. The third-order valence-corrected chi connectivity index (χ3v) is 8.97. The van der Waals surface area contributed by atoms with Crippen LogP contribution < -0.4 is 11.1 Å². The normalized spacial score (nSPS) is 29.2. The fourth-order valence-electron chi connectivity index (χ4n) is 4.52. The Morgan fingerprint density at radius 2 is 2.12 bits per heavy atom. The Labute approximate surface area is 191 Å². The molecule has 2 heterocycles. The number of nitrogens with zero attached hydrogens (tertiary/aromatic N) is 3. The highest BCUT2D eigenvalue weighted by Gasteiger charge is 2.54. The number of amides is 1. The van der Waals surface area contributed by atoms with E-state index < -0.39 is 38.0 Å². The second-order valence-electron chi connectivity index (χ2n) is 8.21. The molecule has 2 aliphatic rings. The topological polar surface area (TPSA) is 110 Å². The molecule has 1 aliphatic heterocycles. The van der Waals surface area contributed by atoms with Gasteiger partial charge in [0, 0.05) is 25.4 Å². The van der Waals surface area contributed by atoms with Crippen molar-refractivity contribution in [3.63, 3.8) is 0 Å². The Morgan fingerprint density at radius 1 is 1.36 bits per heavy atom. The minimum absolute atomic E-state index is 0.00116. The Hall–Kier alpha value is -3.05. The Bertz CT molecular complexity index is 1220. The maximum absolute atomic E-state index is 15.2. The SMILES string of the molecule is C=S1(=O)C2CC(OC)CCC2(c2cc(NC(=O)c3ccc(F)cn3)ccc2F)N=C(N)N1C. The number of hydrogen-bond donors (Lipinski definition) is 2. The summed E-state index contributed by atoms with van der Waals surface area (Å²) in [6, 6.07) is 6.45. The van der Waals surface area contributed by atoms with Crippen LogP contribution in [0.4, 0.5) is 14.5 Å². The molecule has 1 fully saturated rings. The third kappa shape index (κ3) is 3.95. The summed E-state index contributed by atoms with van der Waals surface area (Å²) >= 11 is 0. The Balaban J connectivity index is 1.78. The first-order valence-corrected chi connectivity index (χ1v) is 12.0. The monoisotopic (exact) mass is 477 g/mol. The molecule has 0 saturated heterocycles.